The van der Waals surface area contributed by atoms with Gasteiger partial charge >= 0.3 is 21.7 Å². The maximum absolute atomic E-state index is 2.20. The summed E-state index contributed by atoms with van der Waals surface area (Å²) in [5, 5.41) is 0. The van der Waals surface area contributed by atoms with E-state index in [4.69, 9.17) is 0 Å². The van der Waals surface area contributed by atoms with Gasteiger partial charge in [-0.3, -0.25) is 0 Å². The summed E-state index contributed by atoms with van der Waals surface area (Å²) in [7, 11) is 0. The first-order valence-electron chi connectivity index (χ1n) is 3.75. The summed E-state index contributed by atoms with van der Waals surface area (Å²) in [6, 6.07) is 0. The first-order chi connectivity index (χ1) is 4.55. The number of rotatable bonds is 0. The second kappa shape index (κ2) is 3.64. The van der Waals surface area contributed by atoms with E-state index >= 15 is 0 Å². The normalized spacial score (nSPS) is 9.55. The van der Waals surface area contributed by atoms with E-state index < -0.39 is 0 Å². The van der Waals surface area contributed by atoms with Crippen molar-refractivity contribution < 1.29 is 21.7 Å². The predicted molar refractivity (Wildman–Crippen MR) is 45.7 cm³/mol. The van der Waals surface area contributed by atoms with E-state index in [0.717, 1.165) is 0 Å². The van der Waals surface area contributed by atoms with Crippen molar-refractivity contribution in [1.82, 2.24) is 0 Å². The van der Waals surface area contributed by atoms with Gasteiger partial charge in [0.25, 0.3) is 0 Å². The Bertz CT molecular complexity index is 176. The molecule has 0 aliphatic heterocycles. The smallest absolute Gasteiger partial charge is 0.196 e. The van der Waals surface area contributed by atoms with Gasteiger partial charge in [0.1, 0.15) is 0 Å². The molecule has 1 rings (SSSR count). The minimum absolute atomic E-state index is 0. The van der Waals surface area contributed by atoms with Gasteiger partial charge in [0.15, 0.2) is 0 Å². The summed E-state index contributed by atoms with van der Waals surface area (Å²) in [5.41, 5.74) is 7.34. The Kier molecular flexibility index (Phi) is 3.67. The molecule has 0 fully saturated rings. The molecule has 1 aromatic carbocycles. The molecule has 0 aliphatic rings. The Labute approximate surface area is 84.3 Å². The fourth-order valence-corrected chi connectivity index (χ4v) is 1.41. The fraction of sp³-hybridized carbons (Fsp3) is 0.500. The molecule has 11 heavy (non-hydrogen) atoms. The van der Waals surface area contributed by atoms with Crippen molar-refractivity contribution in [3.8, 4) is 0 Å². The summed E-state index contributed by atoms with van der Waals surface area (Å²) in [5.74, 6) is 0. The third-order valence-electron chi connectivity index (χ3n) is 2.81. The van der Waals surface area contributed by atoms with E-state index in [9.17, 15) is 0 Å². The summed E-state index contributed by atoms with van der Waals surface area (Å²) < 4.78 is 0. The molecule has 0 amide bonds. The molecule has 0 saturated carbocycles. The minimum Gasteiger partial charge on any atom is -0.196 e. The van der Waals surface area contributed by atoms with Crippen LogP contribution in [-0.4, -0.2) is 0 Å². The standard InChI is InChI=1S/C10H15.Ti/c1-6-7(2)9(4)10(5)8(6)3;/h1-5H3;/q-1;+4. The van der Waals surface area contributed by atoms with Crippen LogP contribution in [0.4, 0.5) is 0 Å². The Morgan fingerprint density at radius 3 is 1.18 bits per heavy atom. The monoisotopic (exact) mass is 183 g/mol. The first kappa shape index (κ1) is 11.1. The zero-order valence-electron chi connectivity index (χ0n) is 8.00. The molecule has 0 unspecified atom stereocenters. The summed E-state index contributed by atoms with van der Waals surface area (Å²) >= 11 is 0. The Morgan fingerprint density at radius 2 is 1.09 bits per heavy atom. The van der Waals surface area contributed by atoms with Gasteiger partial charge in [0, 0.05) is 0 Å². The summed E-state index contributed by atoms with van der Waals surface area (Å²) in [6.45, 7) is 11.0. The third-order valence-corrected chi connectivity index (χ3v) is 2.81. The van der Waals surface area contributed by atoms with Gasteiger partial charge in [0.05, 0.1) is 0 Å². The Hall–Kier alpha value is 0.0643. The molecule has 0 heterocycles. The topological polar surface area (TPSA) is 0 Å². The molecule has 1 heteroatoms. The van der Waals surface area contributed by atoms with Gasteiger partial charge in [0.2, 0.25) is 0 Å². The van der Waals surface area contributed by atoms with Crippen molar-refractivity contribution in [2.45, 2.75) is 34.6 Å². The van der Waals surface area contributed by atoms with E-state index in [2.05, 4.69) is 34.6 Å². The van der Waals surface area contributed by atoms with Crippen molar-refractivity contribution >= 4 is 0 Å². The quantitative estimate of drug-likeness (QED) is 0.428. The SMILES string of the molecule is Cc1c(C)c(C)[c-](C)c1C.[Ti+4]. The molecule has 0 aliphatic carbocycles. The van der Waals surface area contributed by atoms with Crippen molar-refractivity contribution in [2.75, 3.05) is 0 Å². The molecular weight excluding hydrogens is 168 g/mol. The molecule has 0 aromatic heterocycles. The van der Waals surface area contributed by atoms with Crippen molar-refractivity contribution in [3.63, 3.8) is 0 Å². The largest absolute Gasteiger partial charge is 4.00 e. The van der Waals surface area contributed by atoms with E-state index in [1.807, 2.05) is 0 Å². The molecule has 0 nitrogen and oxygen atoms in total. The molecule has 0 radical (unpaired) electrons. The second-order valence-corrected chi connectivity index (χ2v) is 3.12. The zero-order valence-corrected chi connectivity index (χ0v) is 9.56. The molecular formula is C10H15Ti+3. The predicted octanol–water partition coefficient (Wildman–Crippen LogP) is 2.95. The fourth-order valence-electron chi connectivity index (χ4n) is 1.41. The first-order valence-corrected chi connectivity index (χ1v) is 3.75. The molecule has 0 saturated heterocycles. The Balaban J connectivity index is 0.000001000. The van der Waals surface area contributed by atoms with E-state index in [1.54, 1.807) is 0 Å². The van der Waals surface area contributed by atoms with Gasteiger partial charge in [-0.2, -0.15) is 27.8 Å². The maximum atomic E-state index is 2.20. The average Bonchev–Trinajstić information content (AvgIpc) is 2.07. The van der Waals surface area contributed by atoms with Crippen LogP contribution < -0.4 is 0 Å². The van der Waals surface area contributed by atoms with Gasteiger partial charge in [-0.1, -0.05) is 34.6 Å². The van der Waals surface area contributed by atoms with Crippen LogP contribution in [0.2, 0.25) is 0 Å². The molecule has 1 aromatic rings. The summed E-state index contributed by atoms with van der Waals surface area (Å²) in [6.07, 6.45) is 0. The van der Waals surface area contributed by atoms with E-state index in [1.165, 1.54) is 27.8 Å². The van der Waals surface area contributed by atoms with Crippen LogP contribution in [-0.2, 0) is 21.7 Å². The van der Waals surface area contributed by atoms with Crippen LogP contribution in [0.25, 0.3) is 0 Å². The Morgan fingerprint density at radius 1 is 0.818 bits per heavy atom. The van der Waals surface area contributed by atoms with Crippen LogP contribution >= 0.6 is 0 Å². The average molecular weight is 183 g/mol. The second-order valence-electron chi connectivity index (χ2n) is 3.12. The van der Waals surface area contributed by atoms with Crippen molar-refractivity contribution in [2.24, 2.45) is 0 Å². The van der Waals surface area contributed by atoms with Gasteiger partial charge in [-0.05, 0) is 0 Å². The van der Waals surface area contributed by atoms with Crippen LogP contribution in [0.3, 0.4) is 0 Å². The van der Waals surface area contributed by atoms with Gasteiger partial charge in [-0.25, -0.2) is 0 Å². The molecule has 0 bridgehead atoms. The minimum atomic E-state index is 0. The van der Waals surface area contributed by atoms with Crippen LogP contribution in [0, 0.1) is 34.6 Å². The van der Waals surface area contributed by atoms with Crippen LogP contribution in [0.15, 0.2) is 0 Å². The molecule has 56 valence electrons. The number of hydrogen-bond donors (Lipinski definition) is 0. The zero-order chi connectivity index (χ0) is 7.89. The maximum Gasteiger partial charge on any atom is 4.00 e. The van der Waals surface area contributed by atoms with Gasteiger partial charge in [-0.15, -0.1) is 0 Å². The third kappa shape index (κ3) is 1.63. The molecule has 0 spiro atoms. The van der Waals surface area contributed by atoms with E-state index in [0.29, 0.717) is 0 Å². The number of hydrogen-bond acceptors (Lipinski definition) is 0. The van der Waals surface area contributed by atoms with Crippen LogP contribution in [0.5, 0.6) is 0 Å². The summed E-state index contributed by atoms with van der Waals surface area (Å²) in [4.78, 5) is 0. The van der Waals surface area contributed by atoms with E-state index in [-0.39, 0.29) is 21.7 Å². The van der Waals surface area contributed by atoms with Crippen molar-refractivity contribution in [3.05, 3.63) is 27.8 Å². The molecule has 0 atom stereocenters. The van der Waals surface area contributed by atoms with Crippen LogP contribution in [0.1, 0.15) is 27.8 Å². The van der Waals surface area contributed by atoms with Gasteiger partial charge < -0.3 is 0 Å². The molecule has 0 N–H and O–H groups in total. The van der Waals surface area contributed by atoms with Crippen molar-refractivity contribution in [1.29, 1.82) is 0 Å².